The third-order valence-electron chi connectivity index (χ3n) is 4.35. The van der Waals surface area contributed by atoms with Crippen LogP contribution in [-0.2, 0) is 11.2 Å². The van der Waals surface area contributed by atoms with Gasteiger partial charge in [-0.15, -0.1) is 0 Å². The number of amides is 2. The second-order valence-electron chi connectivity index (χ2n) is 6.33. The maximum absolute atomic E-state index is 13.2. The van der Waals surface area contributed by atoms with Gasteiger partial charge in [-0.3, -0.25) is 9.59 Å². The van der Waals surface area contributed by atoms with Gasteiger partial charge < -0.3 is 10.2 Å². The Kier molecular flexibility index (Phi) is 5.43. The highest BCUT2D eigenvalue weighted by molar-refractivity contribution is 5.94. The molecule has 1 aliphatic heterocycles. The summed E-state index contributed by atoms with van der Waals surface area (Å²) in [5.41, 5.74) is 1.31. The Morgan fingerprint density at radius 2 is 1.92 bits per heavy atom. The zero-order chi connectivity index (χ0) is 17.6. The Labute approximate surface area is 146 Å². The SMILES string of the molecule is O=C(Cc1cccc(F)c1)N[C@@H]1CCCN(C(=O)c2ccccc2)C1. The minimum atomic E-state index is -0.345. The molecule has 5 heteroatoms. The van der Waals surface area contributed by atoms with Crippen LogP contribution in [0.3, 0.4) is 0 Å². The van der Waals surface area contributed by atoms with Gasteiger partial charge in [0, 0.05) is 24.7 Å². The van der Waals surface area contributed by atoms with E-state index >= 15 is 0 Å². The molecule has 1 saturated heterocycles. The lowest BCUT2D eigenvalue weighted by Gasteiger charge is -2.33. The van der Waals surface area contributed by atoms with E-state index < -0.39 is 0 Å². The van der Waals surface area contributed by atoms with E-state index in [4.69, 9.17) is 0 Å². The molecule has 3 rings (SSSR count). The smallest absolute Gasteiger partial charge is 0.253 e. The van der Waals surface area contributed by atoms with E-state index in [-0.39, 0.29) is 30.1 Å². The fraction of sp³-hybridized carbons (Fsp3) is 0.300. The summed E-state index contributed by atoms with van der Waals surface area (Å²) < 4.78 is 13.2. The van der Waals surface area contributed by atoms with Crippen LogP contribution >= 0.6 is 0 Å². The number of carbonyl (C=O) groups is 2. The molecular formula is C20H21FN2O2. The van der Waals surface area contributed by atoms with Crippen molar-refractivity contribution in [2.45, 2.75) is 25.3 Å². The van der Waals surface area contributed by atoms with Crippen molar-refractivity contribution >= 4 is 11.8 Å². The number of rotatable bonds is 4. The van der Waals surface area contributed by atoms with E-state index in [1.165, 1.54) is 12.1 Å². The average molecular weight is 340 g/mol. The summed E-state index contributed by atoms with van der Waals surface area (Å²) in [6.45, 7) is 1.20. The molecule has 1 heterocycles. The monoisotopic (exact) mass is 340 g/mol. The zero-order valence-corrected chi connectivity index (χ0v) is 14.0. The molecule has 1 aliphatic rings. The summed E-state index contributed by atoms with van der Waals surface area (Å²) in [4.78, 5) is 26.5. The zero-order valence-electron chi connectivity index (χ0n) is 14.0. The highest BCUT2D eigenvalue weighted by atomic mass is 19.1. The lowest BCUT2D eigenvalue weighted by atomic mass is 10.0. The van der Waals surface area contributed by atoms with Crippen molar-refractivity contribution in [3.05, 3.63) is 71.5 Å². The molecule has 25 heavy (non-hydrogen) atoms. The van der Waals surface area contributed by atoms with Gasteiger partial charge in [-0.1, -0.05) is 30.3 Å². The van der Waals surface area contributed by atoms with Crippen LogP contribution in [0.5, 0.6) is 0 Å². The Hall–Kier alpha value is -2.69. The summed E-state index contributed by atoms with van der Waals surface area (Å²) >= 11 is 0. The standard InChI is InChI=1S/C20H21FN2O2/c21-17-9-4-6-15(12-17)13-19(24)22-18-10-5-11-23(14-18)20(25)16-7-2-1-3-8-16/h1-4,6-9,12,18H,5,10-11,13-14H2,(H,22,24)/t18-/m1/s1. The molecule has 0 spiro atoms. The molecule has 0 radical (unpaired) electrons. The predicted molar refractivity (Wildman–Crippen MR) is 93.6 cm³/mol. The Bertz CT molecular complexity index is 748. The largest absolute Gasteiger partial charge is 0.351 e. The molecule has 4 nitrogen and oxygen atoms in total. The van der Waals surface area contributed by atoms with E-state index in [1.807, 2.05) is 18.2 Å². The number of nitrogens with zero attached hydrogens (tertiary/aromatic N) is 1. The van der Waals surface area contributed by atoms with Crippen molar-refractivity contribution in [2.24, 2.45) is 0 Å². The number of piperidine rings is 1. The minimum absolute atomic E-state index is 0.00956. The summed E-state index contributed by atoms with van der Waals surface area (Å²) in [5, 5.41) is 2.97. The topological polar surface area (TPSA) is 49.4 Å². The third kappa shape index (κ3) is 4.66. The first-order valence-electron chi connectivity index (χ1n) is 8.50. The van der Waals surface area contributed by atoms with E-state index in [1.54, 1.807) is 29.2 Å². The molecule has 0 bridgehead atoms. The van der Waals surface area contributed by atoms with Gasteiger partial charge >= 0.3 is 0 Å². The van der Waals surface area contributed by atoms with Gasteiger partial charge in [0.15, 0.2) is 0 Å². The second-order valence-corrected chi connectivity index (χ2v) is 6.33. The van der Waals surface area contributed by atoms with Crippen molar-refractivity contribution < 1.29 is 14.0 Å². The van der Waals surface area contributed by atoms with Crippen LogP contribution in [0.4, 0.5) is 4.39 Å². The Morgan fingerprint density at radius 1 is 1.12 bits per heavy atom. The molecular weight excluding hydrogens is 319 g/mol. The van der Waals surface area contributed by atoms with Gasteiger partial charge in [0.1, 0.15) is 5.82 Å². The number of benzene rings is 2. The molecule has 0 saturated carbocycles. The van der Waals surface area contributed by atoms with E-state index in [9.17, 15) is 14.0 Å². The van der Waals surface area contributed by atoms with Crippen LogP contribution in [0.25, 0.3) is 0 Å². The van der Waals surface area contributed by atoms with Gasteiger partial charge in [-0.2, -0.15) is 0 Å². The lowest BCUT2D eigenvalue weighted by molar-refractivity contribution is -0.121. The molecule has 1 N–H and O–H groups in total. The summed E-state index contributed by atoms with van der Waals surface area (Å²) in [7, 11) is 0. The van der Waals surface area contributed by atoms with Crippen LogP contribution in [0, 0.1) is 5.82 Å². The van der Waals surface area contributed by atoms with Crippen molar-refractivity contribution in [1.29, 1.82) is 0 Å². The summed E-state index contributed by atoms with van der Waals surface area (Å²) in [5.74, 6) is -0.503. The molecule has 1 fully saturated rings. The highest BCUT2D eigenvalue weighted by Gasteiger charge is 2.25. The van der Waals surface area contributed by atoms with E-state index in [0.29, 0.717) is 24.2 Å². The first-order valence-corrected chi connectivity index (χ1v) is 8.50. The van der Waals surface area contributed by atoms with Crippen LogP contribution in [0.15, 0.2) is 54.6 Å². The van der Waals surface area contributed by atoms with Gasteiger partial charge in [0.05, 0.1) is 6.42 Å². The van der Waals surface area contributed by atoms with Crippen molar-refractivity contribution in [3.8, 4) is 0 Å². The third-order valence-corrected chi connectivity index (χ3v) is 4.35. The quantitative estimate of drug-likeness (QED) is 0.930. The van der Waals surface area contributed by atoms with Gasteiger partial charge in [-0.25, -0.2) is 4.39 Å². The molecule has 1 atom stereocenters. The molecule has 0 unspecified atom stereocenters. The number of halogens is 1. The van der Waals surface area contributed by atoms with Crippen LogP contribution < -0.4 is 5.32 Å². The fourth-order valence-corrected chi connectivity index (χ4v) is 3.15. The highest BCUT2D eigenvalue weighted by Crippen LogP contribution is 2.14. The van der Waals surface area contributed by atoms with Crippen molar-refractivity contribution in [3.63, 3.8) is 0 Å². The predicted octanol–water partition coefficient (Wildman–Crippen LogP) is 2.79. The normalized spacial score (nSPS) is 17.2. The minimum Gasteiger partial charge on any atom is -0.351 e. The first kappa shape index (κ1) is 17.1. The van der Waals surface area contributed by atoms with Crippen LogP contribution in [-0.4, -0.2) is 35.8 Å². The number of carbonyl (C=O) groups excluding carboxylic acids is 2. The average Bonchev–Trinajstić information content (AvgIpc) is 2.62. The molecule has 0 aromatic heterocycles. The Balaban J connectivity index is 1.56. The Morgan fingerprint density at radius 3 is 2.68 bits per heavy atom. The number of likely N-dealkylation sites (tertiary alicyclic amines) is 1. The fourth-order valence-electron chi connectivity index (χ4n) is 3.15. The van der Waals surface area contributed by atoms with Gasteiger partial charge in [-0.05, 0) is 42.7 Å². The lowest BCUT2D eigenvalue weighted by Crippen LogP contribution is -2.49. The van der Waals surface area contributed by atoms with Crippen LogP contribution in [0.2, 0.25) is 0 Å². The number of hydrogen-bond acceptors (Lipinski definition) is 2. The molecule has 2 aromatic carbocycles. The van der Waals surface area contributed by atoms with Gasteiger partial charge in [0.2, 0.25) is 5.91 Å². The van der Waals surface area contributed by atoms with Crippen molar-refractivity contribution in [1.82, 2.24) is 10.2 Å². The maximum Gasteiger partial charge on any atom is 0.253 e. The second kappa shape index (κ2) is 7.92. The van der Waals surface area contributed by atoms with E-state index in [2.05, 4.69) is 5.32 Å². The number of nitrogens with one attached hydrogen (secondary N) is 1. The van der Waals surface area contributed by atoms with Crippen LogP contribution in [0.1, 0.15) is 28.8 Å². The van der Waals surface area contributed by atoms with E-state index in [0.717, 1.165) is 12.8 Å². The first-order chi connectivity index (χ1) is 12.1. The molecule has 130 valence electrons. The van der Waals surface area contributed by atoms with Gasteiger partial charge in [0.25, 0.3) is 5.91 Å². The molecule has 2 aromatic rings. The summed E-state index contributed by atoms with van der Waals surface area (Å²) in [6.07, 6.45) is 1.83. The maximum atomic E-state index is 13.2. The number of hydrogen-bond donors (Lipinski definition) is 1. The molecule has 0 aliphatic carbocycles. The summed E-state index contributed by atoms with van der Waals surface area (Å²) in [6, 6.07) is 15.1. The van der Waals surface area contributed by atoms with Crippen molar-refractivity contribution in [2.75, 3.05) is 13.1 Å². The molecule has 2 amide bonds.